The van der Waals surface area contributed by atoms with Crippen molar-refractivity contribution in [3.8, 4) is 11.3 Å². The van der Waals surface area contributed by atoms with E-state index in [0.29, 0.717) is 22.4 Å². The van der Waals surface area contributed by atoms with Crippen LogP contribution in [-0.2, 0) is 0 Å². The lowest BCUT2D eigenvalue weighted by molar-refractivity contribution is 0.0629. The maximum Gasteiger partial charge on any atom is 0.266 e. The van der Waals surface area contributed by atoms with Gasteiger partial charge in [0.1, 0.15) is 9.71 Å². The van der Waals surface area contributed by atoms with Crippen molar-refractivity contribution in [2.24, 2.45) is 11.8 Å². The zero-order valence-electron chi connectivity index (χ0n) is 16.0. The van der Waals surface area contributed by atoms with Crippen molar-refractivity contribution in [2.45, 2.75) is 27.2 Å². The first-order valence-corrected chi connectivity index (χ1v) is 10.3. The Morgan fingerprint density at radius 3 is 2.44 bits per heavy atom. The van der Waals surface area contributed by atoms with Gasteiger partial charge in [-0.25, -0.2) is 4.98 Å². The molecule has 0 spiro atoms. The number of likely N-dealkylation sites (tertiary alicyclic amines) is 1. The highest BCUT2D eigenvalue weighted by atomic mass is 32.1. The van der Waals surface area contributed by atoms with Crippen molar-refractivity contribution in [3.63, 3.8) is 0 Å². The number of benzene rings is 1. The minimum atomic E-state index is 0.0470. The zero-order chi connectivity index (χ0) is 19.1. The van der Waals surface area contributed by atoms with E-state index >= 15 is 0 Å². The smallest absolute Gasteiger partial charge is 0.266 e. The Balaban J connectivity index is 1.69. The van der Waals surface area contributed by atoms with Crippen LogP contribution in [0.25, 0.3) is 21.5 Å². The molecule has 1 aromatic carbocycles. The number of nitrogens with zero attached hydrogens (tertiary/aromatic N) is 2. The number of thiophene rings is 1. The largest absolute Gasteiger partial charge is 0.397 e. The van der Waals surface area contributed by atoms with Crippen LogP contribution in [0.1, 0.15) is 35.5 Å². The topological polar surface area (TPSA) is 59.2 Å². The van der Waals surface area contributed by atoms with Crippen molar-refractivity contribution >= 4 is 33.1 Å². The lowest BCUT2D eigenvalue weighted by atomic mass is 9.92. The Morgan fingerprint density at radius 2 is 1.78 bits per heavy atom. The summed E-state index contributed by atoms with van der Waals surface area (Å²) in [6, 6.07) is 12.3. The summed E-state index contributed by atoms with van der Waals surface area (Å²) in [6.45, 7) is 8.09. The third-order valence-corrected chi connectivity index (χ3v) is 6.39. The number of hydrogen-bond acceptors (Lipinski definition) is 4. The van der Waals surface area contributed by atoms with E-state index in [0.717, 1.165) is 34.6 Å². The fraction of sp³-hybridized carbons (Fsp3) is 0.364. The number of fused-ring (bicyclic) bond motifs is 1. The van der Waals surface area contributed by atoms with Crippen LogP contribution in [0.4, 0.5) is 5.69 Å². The van der Waals surface area contributed by atoms with Crippen molar-refractivity contribution in [1.29, 1.82) is 0 Å². The van der Waals surface area contributed by atoms with Crippen LogP contribution in [0, 0.1) is 18.8 Å². The molecule has 2 aromatic heterocycles. The maximum absolute atomic E-state index is 13.1. The van der Waals surface area contributed by atoms with E-state index in [2.05, 4.69) is 45.0 Å². The van der Waals surface area contributed by atoms with Gasteiger partial charge in [0, 0.05) is 24.0 Å². The second kappa shape index (κ2) is 6.97. The summed E-state index contributed by atoms with van der Waals surface area (Å²) in [5.74, 6) is 1.10. The Labute approximate surface area is 164 Å². The van der Waals surface area contributed by atoms with Crippen LogP contribution in [0.3, 0.4) is 0 Å². The number of aromatic nitrogens is 1. The summed E-state index contributed by atoms with van der Waals surface area (Å²) >= 11 is 1.41. The standard InChI is InChI=1S/C22H25N3OS/c1-13-4-6-16(7-5-13)18-9-8-17-19(23)20(27-21(17)24-18)22(26)25-11-14(2)10-15(3)12-25/h4-9,14-15H,10-12,23H2,1-3H3/t14-,15-/m1/s1. The first-order valence-electron chi connectivity index (χ1n) is 9.47. The lowest BCUT2D eigenvalue weighted by Gasteiger charge is -2.34. The van der Waals surface area contributed by atoms with Gasteiger partial charge in [0.15, 0.2) is 0 Å². The molecular formula is C22H25N3OS. The number of piperidine rings is 1. The fourth-order valence-corrected chi connectivity index (χ4v) is 5.08. The molecule has 4 rings (SSSR count). The van der Waals surface area contributed by atoms with Gasteiger partial charge < -0.3 is 10.6 Å². The first-order chi connectivity index (χ1) is 12.9. The molecule has 1 aliphatic heterocycles. The molecule has 3 aromatic rings. The molecular weight excluding hydrogens is 354 g/mol. The number of pyridine rings is 1. The van der Waals surface area contributed by atoms with Gasteiger partial charge in [-0.2, -0.15) is 0 Å². The van der Waals surface area contributed by atoms with E-state index in [1.54, 1.807) is 0 Å². The molecule has 0 aliphatic carbocycles. The van der Waals surface area contributed by atoms with Gasteiger partial charge in [0.2, 0.25) is 0 Å². The number of amides is 1. The summed E-state index contributed by atoms with van der Waals surface area (Å²) < 4.78 is 0. The summed E-state index contributed by atoms with van der Waals surface area (Å²) in [6.07, 6.45) is 1.17. The maximum atomic E-state index is 13.1. The number of nitrogen functional groups attached to an aromatic ring is 1. The molecule has 2 atom stereocenters. The van der Waals surface area contributed by atoms with Crippen LogP contribution in [0.2, 0.25) is 0 Å². The summed E-state index contributed by atoms with van der Waals surface area (Å²) in [5.41, 5.74) is 10.1. The van der Waals surface area contributed by atoms with Gasteiger partial charge in [0.05, 0.1) is 11.4 Å². The number of anilines is 1. The van der Waals surface area contributed by atoms with E-state index in [1.165, 1.54) is 23.3 Å². The SMILES string of the molecule is Cc1ccc(-c2ccc3c(N)c(C(=O)N4C[C@H](C)C[C@@H](C)C4)sc3n2)cc1. The number of nitrogens with two attached hydrogens (primary N) is 1. The molecule has 1 saturated heterocycles. The van der Waals surface area contributed by atoms with Gasteiger partial charge in [-0.1, -0.05) is 43.7 Å². The van der Waals surface area contributed by atoms with Gasteiger partial charge in [-0.3, -0.25) is 4.79 Å². The van der Waals surface area contributed by atoms with Gasteiger partial charge in [0.25, 0.3) is 5.91 Å². The monoisotopic (exact) mass is 379 g/mol. The second-order valence-electron chi connectivity index (χ2n) is 7.92. The van der Waals surface area contributed by atoms with Crippen LogP contribution in [-0.4, -0.2) is 28.9 Å². The van der Waals surface area contributed by atoms with Gasteiger partial charge >= 0.3 is 0 Å². The molecule has 140 valence electrons. The van der Waals surface area contributed by atoms with Crippen molar-refractivity contribution in [1.82, 2.24) is 9.88 Å². The van der Waals surface area contributed by atoms with E-state index in [1.807, 2.05) is 17.0 Å². The van der Waals surface area contributed by atoms with Crippen molar-refractivity contribution in [3.05, 3.63) is 46.8 Å². The van der Waals surface area contributed by atoms with Crippen LogP contribution < -0.4 is 5.73 Å². The number of hydrogen-bond donors (Lipinski definition) is 1. The average molecular weight is 380 g/mol. The average Bonchev–Trinajstić information content (AvgIpc) is 2.97. The second-order valence-corrected chi connectivity index (χ2v) is 8.92. The third-order valence-electron chi connectivity index (χ3n) is 5.29. The lowest BCUT2D eigenvalue weighted by Crippen LogP contribution is -2.42. The summed E-state index contributed by atoms with van der Waals surface area (Å²) in [5, 5.41) is 0.873. The number of aryl methyl sites for hydroxylation is 1. The third kappa shape index (κ3) is 3.44. The van der Waals surface area contributed by atoms with Crippen molar-refractivity contribution in [2.75, 3.05) is 18.8 Å². The molecule has 0 radical (unpaired) electrons. The quantitative estimate of drug-likeness (QED) is 0.684. The van der Waals surface area contributed by atoms with E-state index < -0.39 is 0 Å². The molecule has 0 unspecified atom stereocenters. The zero-order valence-corrected chi connectivity index (χ0v) is 16.8. The molecule has 27 heavy (non-hydrogen) atoms. The molecule has 3 heterocycles. The molecule has 0 bridgehead atoms. The highest BCUT2D eigenvalue weighted by Crippen LogP contribution is 2.36. The number of carbonyl (C=O) groups is 1. The van der Waals surface area contributed by atoms with Crippen LogP contribution in [0.15, 0.2) is 36.4 Å². The van der Waals surface area contributed by atoms with Crippen LogP contribution >= 0.6 is 11.3 Å². The molecule has 0 saturated carbocycles. The predicted octanol–water partition coefficient (Wildman–Crippen LogP) is 4.97. The van der Waals surface area contributed by atoms with Gasteiger partial charge in [-0.05, 0) is 37.3 Å². The summed E-state index contributed by atoms with van der Waals surface area (Å²) in [4.78, 5) is 21.3. The Morgan fingerprint density at radius 1 is 1.11 bits per heavy atom. The molecule has 1 amide bonds. The normalized spacial score (nSPS) is 20.2. The first kappa shape index (κ1) is 18.0. The highest BCUT2D eigenvalue weighted by molar-refractivity contribution is 7.21. The Kier molecular flexibility index (Phi) is 4.64. The van der Waals surface area contributed by atoms with E-state index in [4.69, 9.17) is 10.7 Å². The Hall–Kier alpha value is -2.40. The van der Waals surface area contributed by atoms with E-state index in [9.17, 15) is 4.79 Å². The molecule has 1 fully saturated rings. The predicted molar refractivity (Wildman–Crippen MR) is 113 cm³/mol. The van der Waals surface area contributed by atoms with Crippen LogP contribution in [0.5, 0.6) is 0 Å². The molecule has 2 N–H and O–H groups in total. The minimum Gasteiger partial charge on any atom is -0.397 e. The van der Waals surface area contributed by atoms with Gasteiger partial charge in [-0.15, -0.1) is 11.3 Å². The number of carbonyl (C=O) groups excluding carboxylic acids is 1. The molecule has 5 heteroatoms. The molecule has 1 aliphatic rings. The highest BCUT2D eigenvalue weighted by Gasteiger charge is 2.29. The Bertz CT molecular complexity index is 983. The fourth-order valence-electron chi connectivity index (χ4n) is 4.01. The summed E-state index contributed by atoms with van der Waals surface area (Å²) in [7, 11) is 0. The number of rotatable bonds is 2. The van der Waals surface area contributed by atoms with Crippen molar-refractivity contribution < 1.29 is 4.79 Å². The van der Waals surface area contributed by atoms with E-state index in [-0.39, 0.29) is 5.91 Å². The minimum absolute atomic E-state index is 0.0470. The molecule has 4 nitrogen and oxygen atoms in total.